The van der Waals surface area contributed by atoms with Crippen molar-refractivity contribution in [2.75, 3.05) is 19.0 Å². The largest absolute Gasteiger partial charge is 0.338 e. The Kier molecular flexibility index (Phi) is 2.94. The van der Waals surface area contributed by atoms with Gasteiger partial charge in [-0.25, -0.2) is 0 Å². The molecule has 0 bridgehead atoms. The summed E-state index contributed by atoms with van der Waals surface area (Å²) in [5.41, 5.74) is 1.13. The van der Waals surface area contributed by atoms with Crippen LogP contribution in [0.5, 0.6) is 0 Å². The monoisotopic (exact) mass is 173 g/mol. The van der Waals surface area contributed by atoms with E-state index in [1.54, 1.807) is 4.90 Å². The van der Waals surface area contributed by atoms with Crippen LogP contribution in [0.4, 0.5) is 0 Å². The van der Waals surface area contributed by atoms with Crippen molar-refractivity contribution in [1.82, 2.24) is 4.90 Å². The first-order valence-electron chi connectivity index (χ1n) is 3.74. The Balaban J connectivity index is 2.45. The molecule has 0 aromatic rings. The van der Waals surface area contributed by atoms with Crippen LogP contribution >= 0.6 is 11.6 Å². The number of hydrogen-bond donors (Lipinski definition) is 0. The Morgan fingerprint density at radius 2 is 2.45 bits per heavy atom. The normalized spacial score (nSPS) is 18.6. The molecule has 11 heavy (non-hydrogen) atoms. The number of nitrogens with zero attached hydrogens (tertiary/aromatic N) is 1. The van der Waals surface area contributed by atoms with Crippen LogP contribution in [0.15, 0.2) is 12.2 Å². The topological polar surface area (TPSA) is 20.3 Å². The summed E-state index contributed by atoms with van der Waals surface area (Å²) in [4.78, 5) is 12.8. The molecule has 0 aromatic heterocycles. The fraction of sp³-hybridized carbons (Fsp3) is 0.625. The second-order valence-electron chi connectivity index (χ2n) is 2.80. The van der Waals surface area contributed by atoms with Gasteiger partial charge in [0.1, 0.15) is 5.88 Å². The number of alkyl halides is 1. The fourth-order valence-corrected chi connectivity index (χ4v) is 1.41. The predicted molar refractivity (Wildman–Crippen MR) is 45.7 cm³/mol. The third-order valence-electron chi connectivity index (χ3n) is 1.84. The third-order valence-corrected chi connectivity index (χ3v) is 2.07. The maximum Gasteiger partial charge on any atom is 0.237 e. The van der Waals surface area contributed by atoms with Crippen LogP contribution in [-0.2, 0) is 4.79 Å². The summed E-state index contributed by atoms with van der Waals surface area (Å²) in [6.45, 7) is 5.38. The van der Waals surface area contributed by atoms with Crippen molar-refractivity contribution in [1.29, 1.82) is 0 Å². The number of rotatable bonds is 1. The molecule has 3 heteroatoms. The van der Waals surface area contributed by atoms with Crippen LogP contribution in [0.25, 0.3) is 0 Å². The minimum absolute atomic E-state index is 0.0208. The van der Waals surface area contributed by atoms with Crippen LogP contribution in [0.3, 0.4) is 0 Å². The fourth-order valence-electron chi connectivity index (χ4n) is 1.25. The highest BCUT2D eigenvalue weighted by Crippen LogP contribution is 2.13. The summed E-state index contributed by atoms with van der Waals surface area (Å²) in [7, 11) is 0. The van der Waals surface area contributed by atoms with Crippen LogP contribution in [0.2, 0.25) is 0 Å². The highest BCUT2D eigenvalue weighted by atomic mass is 35.5. The zero-order valence-electron chi connectivity index (χ0n) is 6.48. The standard InChI is InChI=1S/C8H12ClNO/c1-7-3-2-4-10(6-7)8(11)5-9/h1-6H2. The first-order valence-corrected chi connectivity index (χ1v) is 4.28. The second kappa shape index (κ2) is 3.77. The summed E-state index contributed by atoms with van der Waals surface area (Å²) in [6, 6.07) is 0. The predicted octanol–water partition coefficient (Wildman–Crippen LogP) is 1.40. The highest BCUT2D eigenvalue weighted by Gasteiger charge is 2.16. The van der Waals surface area contributed by atoms with Gasteiger partial charge in [-0.1, -0.05) is 12.2 Å². The average Bonchev–Trinajstić information content (AvgIpc) is 2.03. The Morgan fingerprint density at radius 3 is 3.00 bits per heavy atom. The van der Waals surface area contributed by atoms with Gasteiger partial charge in [0.2, 0.25) is 5.91 Å². The van der Waals surface area contributed by atoms with E-state index in [9.17, 15) is 4.79 Å². The van der Waals surface area contributed by atoms with Crippen LogP contribution in [0, 0.1) is 0 Å². The van der Waals surface area contributed by atoms with Gasteiger partial charge in [-0.3, -0.25) is 4.79 Å². The molecule has 1 heterocycles. The van der Waals surface area contributed by atoms with Crippen molar-refractivity contribution in [2.45, 2.75) is 12.8 Å². The molecular weight excluding hydrogens is 162 g/mol. The van der Waals surface area contributed by atoms with Crippen molar-refractivity contribution < 1.29 is 4.79 Å². The lowest BCUT2D eigenvalue weighted by Crippen LogP contribution is -2.37. The summed E-state index contributed by atoms with van der Waals surface area (Å²) in [5.74, 6) is 0.111. The molecule has 1 aliphatic heterocycles. The Morgan fingerprint density at radius 1 is 1.73 bits per heavy atom. The average molecular weight is 174 g/mol. The van der Waals surface area contributed by atoms with E-state index in [0.29, 0.717) is 6.54 Å². The molecule has 62 valence electrons. The van der Waals surface area contributed by atoms with E-state index in [4.69, 9.17) is 11.6 Å². The van der Waals surface area contributed by atoms with Crippen molar-refractivity contribution in [2.24, 2.45) is 0 Å². The van der Waals surface area contributed by atoms with E-state index in [2.05, 4.69) is 6.58 Å². The molecule has 1 rings (SSSR count). The first-order chi connectivity index (χ1) is 5.24. The molecule has 0 radical (unpaired) electrons. The van der Waals surface area contributed by atoms with Gasteiger partial charge in [0.15, 0.2) is 0 Å². The quantitative estimate of drug-likeness (QED) is 0.434. The molecular formula is C8H12ClNO. The molecule has 1 fully saturated rings. The number of carbonyl (C=O) groups is 1. The van der Waals surface area contributed by atoms with E-state index in [1.165, 1.54) is 0 Å². The van der Waals surface area contributed by atoms with E-state index in [1.807, 2.05) is 0 Å². The van der Waals surface area contributed by atoms with Gasteiger partial charge >= 0.3 is 0 Å². The molecule has 0 unspecified atom stereocenters. The van der Waals surface area contributed by atoms with Crippen molar-refractivity contribution in [3.05, 3.63) is 12.2 Å². The van der Waals surface area contributed by atoms with E-state index in [0.717, 1.165) is 25.0 Å². The van der Waals surface area contributed by atoms with Gasteiger partial charge < -0.3 is 4.90 Å². The minimum Gasteiger partial charge on any atom is -0.338 e. The second-order valence-corrected chi connectivity index (χ2v) is 3.07. The zero-order chi connectivity index (χ0) is 8.27. The first kappa shape index (κ1) is 8.60. The number of hydrogen-bond acceptors (Lipinski definition) is 1. The van der Waals surface area contributed by atoms with Gasteiger partial charge in [0.25, 0.3) is 0 Å². The molecule has 0 spiro atoms. The number of halogens is 1. The molecule has 0 aromatic carbocycles. The summed E-state index contributed by atoms with van der Waals surface area (Å²) >= 11 is 5.41. The molecule has 0 atom stereocenters. The zero-order valence-corrected chi connectivity index (χ0v) is 7.23. The minimum atomic E-state index is 0.0208. The highest BCUT2D eigenvalue weighted by molar-refractivity contribution is 6.27. The van der Waals surface area contributed by atoms with Gasteiger partial charge in [0, 0.05) is 13.1 Å². The molecule has 1 saturated heterocycles. The van der Waals surface area contributed by atoms with Crippen molar-refractivity contribution in [3.8, 4) is 0 Å². The van der Waals surface area contributed by atoms with E-state index >= 15 is 0 Å². The Bertz CT molecular complexity index is 179. The lowest BCUT2D eigenvalue weighted by Gasteiger charge is -2.27. The molecule has 2 nitrogen and oxygen atoms in total. The third kappa shape index (κ3) is 2.22. The van der Waals surface area contributed by atoms with E-state index < -0.39 is 0 Å². The Labute approximate surface area is 71.8 Å². The summed E-state index contributed by atoms with van der Waals surface area (Å²) < 4.78 is 0. The SMILES string of the molecule is C=C1CCCN(C(=O)CCl)C1. The molecule has 0 saturated carbocycles. The maximum atomic E-state index is 11.1. The molecule has 0 N–H and O–H groups in total. The number of amides is 1. The van der Waals surface area contributed by atoms with Crippen molar-refractivity contribution in [3.63, 3.8) is 0 Å². The Hall–Kier alpha value is -0.500. The smallest absolute Gasteiger partial charge is 0.237 e. The molecule has 1 aliphatic rings. The number of likely N-dealkylation sites (tertiary alicyclic amines) is 1. The maximum absolute atomic E-state index is 11.1. The van der Waals surface area contributed by atoms with Gasteiger partial charge in [-0.15, -0.1) is 11.6 Å². The van der Waals surface area contributed by atoms with Gasteiger partial charge in [0.05, 0.1) is 0 Å². The van der Waals surface area contributed by atoms with Crippen LogP contribution < -0.4 is 0 Å². The number of carbonyl (C=O) groups excluding carboxylic acids is 1. The lowest BCUT2D eigenvalue weighted by atomic mass is 10.1. The lowest BCUT2D eigenvalue weighted by molar-refractivity contribution is -0.128. The molecule has 1 amide bonds. The molecule has 0 aliphatic carbocycles. The van der Waals surface area contributed by atoms with Gasteiger partial charge in [-0.2, -0.15) is 0 Å². The summed E-state index contributed by atoms with van der Waals surface area (Å²) in [6.07, 6.45) is 2.08. The van der Waals surface area contributed by atoms with E-state index in [-0.39, 0.29) is 11.8 Å². The van der Waals surface area contributed by atoms with Crippen molar-refractivity contribution >= 4 is 17.5 Å². The van der Waals surface area contributed by atoms with Crippen LogP contribution in [0.1, 0.15) is 12.8 Å². The van der Waals surface area contributed by atoms with Crippen LogP contribution in [-0.4, -0.2) is 29.8 Å². The summed E-state index contributed by atoms with van der Waals surface area (Å²) in [5, 5.41) is 0. The van der Waals surface area contributed by atoms with Gasteiger partial charge in [-0.05, 0) is 12.8 Å². The number of piperidine rings is 1.